The Balaban J connectivity index is 2.05. The molecule has 0 radical (unpaired) electrons. The number of anilines is 1. The highest BCUT2D eigenvalue weighted by molar-refractivity contribution is 7.89. The van der Waals surface area contributed by atoms with Crippen molar-refractivity contribution in [1.29, 1.82) is 0 Å². The second-order valence-corrected chi connectivity index (χ2v) is 6.41. The van der Waals surface area contributed by atoms with Crippen LogP contribution in [0.5, 0.6) is 0 Å². The van der Waals surface area contributed by atoms with E-state index >= 15 is 0 Å². The van der Waals surface area contributed by atoms with Crippen LogP contribution in [0.1, 0.15) is 11.7 Å². The van der Waals surface area contributed by atoms with Gasteiger partial charge in [-0.25, -0.2) is 17.7 Å². The summed E-state index contributed by atoms with van der Waals surface area (Å²) >= 11 is 0. The third-order valence-corrected chi connectivity index (χ3v) is 4.30. The number of sulfonamides is 1. The molecule has 108 valence electrons. The van der Waals surface area contributed by atoms with Crippen molar-refractivity contribution in [2.75, 3.05) is 19.4 Å². The fourth-order valence-electron chi connectivity index (χ4n) is 1.43. The van der Waals surface area contributed by atoms with Gasteiger partial charge in [0.1, 0.15) is 10.7 Å². The number of aryl methyl sites for hydroxylation is 1. The van der Waals surface area contributed by atoms with Crippen LogP contribution in [0.3, 0.4) is 0 Å². The van der Waals surface area contributed by atoms with Crippen LogP contribution in [-0.2, 0) is 16.6 Å². The van der Waals surface area contributed by atoms with Crippen LogP contribution < -0.4 is 5.32 Å². The third kappa shape index (κ3) is 3.11. The molecule has 0 atom stereocenters. The molecule has 0 amide bonds. The van der Waals surface area contributed by atoms with Crippen LogP contribution in [0.2, 0.25) is 0 Å². The van der Waals surface area contributed by atoms with E-state index in [2.05, 4.69) is 20.4 Å². The van der Waals surface area contributed by atoms with Crippen LogP contribution >= 0.6 is 0 Å². The highest BCUT2D eigenvalue weighted by Gasteiger charge is 2.17. The Hall–Kier alpha value is -2.00. The summed E-state index contributed by atoms with van der Waals surface area (Å²) in [6.07, 6.45) is 1.30. The quantitative estimate of drug-likeness (QED) is 0.863. The van der Waals surface area contributed by atoms with Crippen molar-refractivity contribution in [2.24, 2.45) is 0 Å². The lowest BCUT2D eigenvalue weighted by Crippen LogP contribution is -2.22. The monoisotopic (exact) mass is 297 g/mol. The molecular weight excluding hydrogens is 282 g/mol. The number of aromatic nitrogens is 3. The molecule has 2 rings (SSSR count). The molecule has 2 heterocycles. The van der Waals surface area contributed by atoms with Crippen molar-refractivity contribution in [2.45, 2.75) is 18.4 Å². The molecule has 2 aromatic heterocycles. The summed E-state index contributed by atoms with van der Waals surface area (Å²) in [5.74, 6) is 1.52. The van der Waals surface area contributed by atoms with Crippen LogP contribution in [0.25, 0.3) is 0 Å². The zero-order valence-corrected chi connectivity index (χ0v) is 12.2. The van der Waals surface area contributed by atoms with Crippen molar-refractivity contribution >= 4 is 15.8 Å². The van der Waals surface area contributed by atoms with Gasteiger partial charge < -0.3 is 9.84 Å². The summed E-state index contributed by atoms with van der Waals surface area (Å²) in [5.41, 5.74) is 0. The van der Waals surface area contributed by atoms with Gasteiger partial charge in [0, 0.05) is 20.3 Å². The molecule has 2 aromatic rings. The molecule has 0 saturated carbocycles. The van der Waals surface area contributed by atoms with E-state index in [1.54, 1.807) is 13.0 Å². The largest absolute Gasteiger partial charge is 0.361 e. The number of hydrogen-bond donors (Lipinski definition) is 1. The Morgan fingerprint density at radius 1 is 1.35 bits per heavy atom. The maximum atomic E-state index is 11.9. The van der Waals surface area contributed by atoms with E-state index in [1.165, 1.54) is 26.4 Å². The number of hydrogen-bond acceptors (Lipinski definition) is 7. The van der Waals surface area contributed by atoms with Gasteiger partial charge >= 0.3 is 0 Å². The summed E-state index contributed by atoms with van der Waals surface area (Å²) in [6, 6.07) is 3.07. The maximum Gasteiger partial charge on any atom is 0.245 e. The molecule has 0 unspecified atom stereocenters. The van der Waals surface area contributed by atoms with Gasteiger partial charge in [0.05, 0.1) is 6.54 Å². The van der Waals surface area contributed by atoms with E-state index in [4.69, 9.17) is 4.52 Å². The molecule has 0 spiro atoms. The molecule has 0 aromatic carbocycles. The van der Waals surface area contributed by atoms with Gasteiger partial charge in [-0.3, -0.25) is 0 Å². The van der Waals surface area contributed by atoms with Gasteiger partial charge in [-0.2, -0.15) is 4.98 Å². The van der Waals surface area contributed by atoms with Crippen LogP contribution in [0.15, 0.2) is 27.7 Å². The number of nitrogens with one attached hydrogen (secondary N) is 1. The van der Waals surface area contributed by atoms with Crippen LogP contribution in [-0.4, -0.2) is 41.9 Å². The lowest BCUT2D eigenvalue weighted by atomic mass is 10.4. The first-order valence-electron chi connectivity index (χ1n) is 5.81. The van der Waals surface area contributed by atoms with Gasteiger partial charge in [-0.05, 0) is 19.1 Å². The van der Waals surface area contributed by atoms with Gasteiger partial charge in [0.15, 0.2) is 5.82 Å². The summed E-state index contributed by atoms with van der Waals surface area (Å²) < 4.78 is 29.8. The molecule has 0 aliphatic rings. The molecular formula is C11H15N5O3S. The third-order valence-electron chi connectivity index (χ3n) is 2.51. The zero-order chi connectivity index (χ0) is 14.8. The Morgan fingerprint density at radius 3 is 2.60 bits per heavy atom. The lowest BCUT2D eigenvalue weighted by Gasteiger charge is -2.11. The van der Waals surface area contributed by atoms with Crippen LogP contribution in [0, 0.1) is 6.92 Å². The van der Waals surface area contributed by atoms with Gasteiger partial charge in [-0.1, -0.05) is 5.16 Å². The number of nitrogens with zero attached hydrogens (tertiary/aromatic N) is 4. The minimum atomic E-state index is -3.46. The van der Waals surface area contributed by atoms with Crippen molar-refractivity contribution in [3.63, 3.8) is 0 Å². The minimum absolute atomic E-state index is 0.140. The van der Waals surface area contributed by atoms with Gasteiger partial charge in [0.2, 0.25) is 15.9 Å². The highest BCUT2D eigenvalue weighted by Crippen LogP contribution is 2.14. The Bertz CT molecular complexity index is 678. The molecule has 0 aliphatic heterocycles. The van der Waals surface area contributed by atoms with E-state index in [0.717, 1.165) is 4.31 Å². The molecule has 20 heavy (non-hydrogen) atoms. The average molecular weight is 297 g/mol. The number of rotatable bonds is 5. The Kier molecular flexibility index (Phi) is 4.00. The average Bonchev–Trinajstić information content (AvgIpc) is 2.82. The molecule has 0 aliphatic carbocycles. The topological polar surface area (TPSA) is 101 Å². The SMILES string of the molecule is Cc1noc(CNc2ccc(S(=O)(=O)N(C)C)cn2)n1. The predicted octanol–water partition coefficient (Wildman–Crippen LogP) is 0.635. The summed E-state index contributed by atoms with van der Waals surface area (Å²) in [7, 11) is -0.512. The standard InChI is InChI=1S/C11H15N5O3S/c1-8-14-11(19-15-8)7-13-10-5-4-9(6-12-10)20(17,18)16(2)3/h4-6H,7H2,1-3H3,(H,12,13). The van der Waals surface area contributed by atoms with Crippen molar-refractivity contribution in [3.05, 3.63) is 30.0 Å². The second-order valence-electron chi connectivity index (χ2n) is 4.26. The summed E-state index contributed by atoms with van der Waals surface area (Å²) in [5, 5.41) is 6.63. The first-order valence-corrected chi connectivity index (χ1v) is 7.25. The molecule has 0 saturated heterocycles. The van der Waals surface area contributed by atoms with Gasteiger partial charge in [0.25, 0.3) is 0 Å². The summed E-state index contributed by atoms with van der Waals surface area (Å²) in [6.45, 7) is 2.06. The minimum Gasteiger partial charge on any atom is -0.361 e. The van der Waals surface area contributed by atoms with Crippen molar-refractivity contribution in [3.8, 4) is 0 Å². The fraction of sp³-hybridized carbons (Fsp3) is 0.364. The van der Waals surface area contributed by atoms with E-state index in [1.807, 2.05) is 0 Å². The first-order chi connectivity index (χ1) is 9.39. The normalized spacial score (nSPS) is 11.8. The second kappa shape index (κ2) is 5.55. The Labute approximate surface area is 116 Å². The van der Waals surface area contributed by atoms with E-state index in [0.29, 0.717) is 24.1 Å². The smallest absolute Gasteiger partial charge is 0.245 e. The maximum absolute atomic E-state index is 11.9. The lowest BCUT2D eigenvalue weighted by molar-refractivity contribution is 0.379. The highest BCUT2D eigenvalue weighted by atomic mass is 32.2. The fourth-order valence-corrected chi connectivity index (χ4v) is 2.27. The molecule has 0 fully saturated rings. The summed E-state index contributed by atoms with van der Waals surface area (Å²) in [4.78, 5) is 8.22. The Morgan fingerprint density at radius 2 is 2.10 bits per heavy atom. The van der Waals surface area contributed by atoms with Gasteiger partial charge in [-0.15, -0.1) is 0 Å². The van der Waals surface area contributed by atoms with Crippen LogP contribution in [0.4, 0.5) is 5.82 Å². The predicted molar refractivity (Wildman–Crippen MR) is 71.5 cm³/mol. The molecule has 8 nitrogen and oxygen atoms in total. The van der Waals surface area contributed by atoms with E-state index in [9.17, 15) is 8.42 Å². The van der Waals surface area contributed by atoms with Crippen molar-refractivity contribution in [1.82, 2.24) is 19.4 Å². The first kappa shape index (κ1) is 14.4. The molecule has 1 N–H and O–H groups in total. The van der Waals surface area contributed by atoms with E-state index < -0.39 is 10.0 Å². The van der Waals surface area contributed by atoms with Crippen molar-refractivity contribution < 1.29 is 12.9 Å². The number of pyridine rings is 1. The van der Waals surface area contributed by atoms with E-state index in [-0.39, 0.29) is 4.90 Å². The molecule has 9 heteroatoms. The molecule has 0 bridgehead atoms. The zero-order valence-electron chi connectivity index (χ0n) is 11.4.